The molecule has 1 unspecified atom stereocenters. The Morgan fingerprint density at radius 3 is 2.65 bits per heavy atom. The maximum absolute atomic E-state index is 13.1. The first kappa shape index (κ1) is 16.9. The highest BCUT2D eigenvalue weighted by Crippen LogP contribution is 2.34. The molecule has 4 rings (SSSR count). The lowest BCUT2D eigenvalue weighted by Crippen LogP contribution is -2.33. The summed E-state index contributed by atoms with van der Waals surface area (Å²) in [6.45, 7) is 1.40. The molecule has 132 valence electrons. The Kier molecular flexibility index (Phi) is 4.80. The molecule has 1 aliphatic rings. The van der Waals surface area contributed by atoms with E-state index in [2.05, 4.69) is 29.2 Å². The molecule has 1 aliphatic heterocycles. The van der Waals surface area contributed by atoms with Gasteiger partial charge in [0.15, 0.2) is 0 Å². The van der Waals surface area contributed by atoms with Crippen molar-refractivity contribution in [2.45, 2.75) is 11.7 Å². The summed E-state index contributed by atoms with van der Waals surface area (Å²) >= 11 is 1.90. The van der Waals surface area contributed by atoms with Crippen LogP contribution in [-0.2, 0) is 0 Å². The molecule has 4 nitrogen and oxygen atoms in total. The zero-order chi connectivity index (χ0) is 17.9. The number of fused-ring (bicyclic) bond motifs is 1. The van der Waals surface area contributed by atoms with Gasteiger partial charge in [-0.3, -0.25) is 9.59 Å². The minimum absolute atomic E-state index is 0.0541. The number of amides is 1. The summed E-state index contributed by atoms with van der Waals surface area (Å²) in [4.78, 5) is 29.8. The summed E-state index contributed by atoms with van der Waals surface area (Å²) in [5.74, 6) is 0.841. The maximum Gasteiger partial charge on any atom is 0.254 e. The molecule has 0 spiro atoms. The van der Waals surface area contributed by atoms with Gasteiger partial charge in [-0.1, -0.05) is 48.5 Å². The molecule has 0 radical (unpaired) electrons. The number of H-pyrrole nitrogens is 1. The summed E-state index contributed by atoms with van der Waals surface area (Å²) in [5, 5.41) is 1.21. The maximum atomic E-state index is 13.1. The zero-order valence-electron chi connectivity index (χ0n) is 14.4. The van der Waals surface area contributed by atoms with Crippen LogP contribution in [0, 0.1) is 0 Å². The highest BCUT2D eigenvalue weighted by molar-refractivity contribution is 7.99. The van der Waals surface area contributed by atoms with E-state index in [9.17, 15) is 9.59 Å². The monoisotopic (exact) mass is 364 g/mol. The summed E-state index contributed by atoms with van der Waals surface area (Å²) < 4.78 is 0. The van der Waals surface area contributed by atoms with Crippen molar-refractivity contribution in [1.29, 1.82) is 0 Å². The first-order chi connectivity index (χ1) is 12.7. The van der Waals surface area contributed by atoms with E-state index in [1.165, 1.54) is 11.6 Å². The number of aromatic nitrogens is 1. The molecule has 1 saturated heterocycles. The second kappa shape index (κ2) is 7.38. The SMILES string of the molecule is O=C(c1cc(=O)[nH]c2ccccc12)N1CCSC(c2ccccc2)CC1. The van der Waals surface area contributed by atoms with Crippen LogP contribution in [0.5, 0.6) is 0 Å². The van der Waals surface area contributed by atoms with E-state index in [1.54, 1.807) is 0 Å². The molecule has 2 aromatic carbocycles. The number of pyridine rings is 1. The Balaban J connectivity index is 1.59. The van der Waals surface area contributed by atoms with E-state index in [0.717, 1.165) is 17.6 Å². The van der Waals surface area contributed by atoms with Crippen LogP contribution < -0.4 is 5.56 Å². The molecule has 1 fully saturated rings. The zero-order valence-corrected chi connectivity index (χ0v) is 15.2. The number of aromatic amines is 1. The lowest BCUT2D eigenvalue weighted by atomic mass is 10.1. The van der Waals surface area contributed by atoms with Gasteiger partial charge in [0.05, 0.1) is 5.56 Å². The molecule has 3 aromatic rings. The fourth-order valence-electron chi connectivity index (χ4n) is 3.46. The average molecular weight is 364 g/mol. The third kappa shape index (κ3) is 3.40. The van der Waals surface area contributed by atoms with E-state index in [1.807, 2.05) is 47.0 Å². The van der Waals surface area contributed by atoms with Gasteiger partial charge in [0.25, 0.3) is 5.91 Å². The molecule has 1 amide bonds. The van der Waals surface area contributed by atoms with Gasteiger partial charge in [0, 0.05) is 41.1 Å². The van der Waals surface area contributed by atoms with Crippen LogP contribution in [0.4, 0.5) is 0 Å². The average Bonchev–Trinajstić information content (AvgIpc) is 2.93. The van der Waals surface area contributed by atoms with Crippen molar-refractivity contribution in [2.24, 2.45) is 0 Å². The first-order valence-corrected chi connectivity index (χ1v) is 9.85. The Morgan fingerprint density at radius 2 is 1.81 bits per heavy atom. The van der Waals surface area contributed by atoms with Crippen molar-refractivity contribution in [3.63, 3.8) is 0 Å². The fourth-order valence-corrected chi connectivity index (χ4v) is 4.69. The quantitative estimate of drug-likeness (QED) is 0.751. The number of nitrogens with zero attached hydrogens (tertiary/aromatic N) is 1. The van der Waals surface area contributed by atoms with Crippen molar-refractivity contribution < 1.29 is 4.79 Å². The number of hydrogen-bond acceptors (Lipinski definition) is 3. The van der Waals surface area contributed by atoms with E-state index < -0.39 is 0 Å². The van der Waals surface area contributed by atoms with Gasteiger partial charge in [-0.25, -0.2) is 0 Å². The Labute approximate surface area is 156 Å². The third-order valence-corrected chi connectivity index (χ3v) is 6.11. The Bertz CT molecular complexity index is 984. The minimum atomic E-state index is -0.238. The predicted molar refractivity (Wildman–Crippen MR) is 107 cm³/mol. The van der Waals surface area contributed by atoms with E-state index in [4.69, 9.17) is 0 Å². The summed E-state index contributed by atoms with van der Waals surface area (Å²) in [7, 11) is 0. The summed E-state index contributed by atoms with van der Waals surface area (Å²) in [5.41, 5.74) is 2.27. The molecule has 1 atom stereocenters. The minimum Gasteiger partial charge on any atom is -0.338 e. The third-order valence-electron chi connectivity index (χ3n) is 4.78. The Morgan fingerprint density at radius 1 is 1.04 bits per heavy atom. The lowest BCUT2D eigenvalue weighted by Gasteiger charge is -2.21. The van der Waals surface area contributed by atoms with Crippen molar-refractivity contribution in [3.8, 4) is 0 Å². The molecule has 2 heterocycles. The van der Waals surface area contributed by atoms with E-state index in [-0.39, 0.29) is 11.5 Å². The van der Waals surface area contributed by atoms with Gasteiger partial charge in [0.2, 0.25) is 5.56 Å². The molecular weight excluding hydrogens is 344 g/mol. The van der Waals surface area contributed by atoms with Gasteiger partial charge in [-0.2, -0.15) is 11.8 Å². The second-order valence-electron chi connectivity index (χ2n) is 6.44. The number of carbonyl (C=O) groups is 1. The van der Waals surface area contributed by atoms with Crippen molar-refractivity contribution in [3.05, 3.63) is 82.1 Å². The smallest absolute Gasteiger partial charge is 0.254 e. The second-order valence-corrected chi connectivity index (χ2v) is 7.75. The summed E-state index contributed by atoms with van der Waals surface area (Å²) in [6, 6.07) is 19.4. The van der Waals surface area contributed by atoms with Gasteiger partial charge >= 0.3 is 0 Å². The number of rotatable bonds is 2. The van der Waals surface area contributed by atoms with Crippen LogP contribution in [0.15, 0.2) is 65.5 Å². The van der Waals surface area contributed by atoms with Crippen LogP contribution in [0.3, 0.4) is 0 Å². The first-order valence-electron chi connectivity index (χ1n) is 8.80. The fraction of sp³-hybridized carbons (Fsp3) is 0.238. The molecular formula is C21H20N2O2S. The predicted octanol–water partition coefficient (Wildman–Crippen LogP) is 3.85. The number of para-hydroxylation sites is 1. The molecule has 26 heavy (non-hydrogen) atoms. The highest BCUT2D eigenvalue weighted by Gasteiger charge is 2.24. The van der Waals surface area contributed by atoms with Gasteiger partial charge in [-0.05, 0) is 18.1 Å². The summed E-state index contributed by atoms with van der Waals surface area (Å²) in [6.07, 6.45) is 0.918. The number of nitrogens with one attached hydrogen (secondary N) is 1. The highest BCUT2D eigenvalue weighted by atomic mass is 32.2. The van der Waals surface area contributed by atoms with Gasteiger partial charge in [-0.15, -0.1) is 0 Å². The van der Waals surface area contributed by atoms with Crippen molar-refractivity contribution in [2.75, 3.05) is 18.8 Å². The van der Waals surface area contributed by atoms with Gasteiger partial charge in [0.1, 0.15) is 0 Å². The molecule has 0 saturated carbocycles. The topological polar surface area (TPSA) is 53.2 Å². The molecule has 5 heteroatoms. The standard InChI is InChI=1S/C21H20N2O2S/c24-20-14-17(16-8-4-5-9-18(16)22-20)21(25)23-11-10-19(26-13-12-23)15-6-2-1-3-7-15/h1-9,14,19H,10-13H2,(H,22,24). The molecule has 1 aromatic heterocycles. The van der Waals surface area contributed by atoms with E-state index in [0.29, 0.717) is 29.4 Å². The molecule has 1 N–H and O–H groups in total. The largest absolute Gasteiger partial charge is 0.338 e. The van der Waals surface area contributed by atoms with Crippen LogP contribution >= 0.6 is 11.8 Å². The molecule has 0 bridgehead atoms. The number of hydrogen-bond donors (Lipinski definition) is 1. The number of benzene rings is 2. The van der Waals surface area contributed by atoms with Crippen LogP contribution in [-0.4, -0.2) is 34.6 Å². The number of thioether (sulfide) groups is 1. The van der Waals surface area contributed by atoms with Crippen LogP contribution in [0.25, 0.3) is 10.9 Å². The Hall–Kier alpha value is -2.53. The van der Waals surface area contributed by atoms with E-state index >= 15 is 0 Å². The van der Waals surface area contributed by atoms with Crippen molar-refractivity contribution >= 4 is 28.6 Å². The van der Waals surface area contributed by atoms with Gasteiger partial charge < -0.3 is 9.88 Å². The normalized spacial score (nSPS) is 17.8. The number of carbonyl (C=O) groups excluding carboxylic acids is 1. The van der Waals surface area contributed by atoms with Crippen molar-refractivity contribution in [1.82, 2.24) is 9.88 Å². The van der Waals surface area contributed by atoms with Crippen LogP contribution in [0.2, 0.25) is 0 Å². The van der Waals surface area contributed by atoms with Crippen LogP contribution in [0.1, 0.15) is 27.6 Å². The molecule has 0 aliphatic carbocycles. The lowest BCUT2D eigenvalue weighted by molar-refractivity contribution is 0.0768.